The second-order valence-corrected chi connectivity index (χ2v) is 24.1. The third-order valence-electron chi connectivity index (χ3n) is 15.9. The lowest BCUT2D eigenvalue weighted by molar-refractivity contribution is -0.401. The number of nitrogens with zero attached hydrogens (tertiary/aromatic N) is 3. The van der Waals surface area contributed by atoms with Crippen molar-refractivity contribution in [2.45, 2.75) is 173 Å². The first-order valence-electron chi connectivity index (χ1n) is 28.6. The van der Waals surface area contributed by atoms with Gasteiger partial charge in [0, 0.05) is 65.8 Å². The van der Waals surface area contributed by atoms with Gasteiger partial charge in [0.15, 0.2) is 5.71 Å². The summed E-state index contributed by atoms with van der Waals surface area (Å²) in [6.07, 6.45) is 3.40. The number of benzene rings is 3. The van der Waals surface area contributed by atoms with E-state index < -0.39 is 89.8 Å². The minimum Gasteiger partial charge on any atom is -0.481 e. The van der Waals surface area contributed by atoms with Gasteiger partial charge in [0.05, 0.1) is 24.0 Å². The van der Waals surface area contributed by atoms with E-state index in [-0.39, 0.29) is 59.6 Å². The highest BCUT2D eigenvalue weighted by Gasteiger charge is 2.61. The van der Waals surface area contributed by atoms with Gasteiger partial charge in [-0.2, -0.15) is 17.7 Å². The average Bonchev–Trinajstić information content (AvgIpc) is 2.68. The molecule has 0 bridgehead atoms. The number of amides is 5. The Balaban J connectivity index is 1.07. The molecular formula is C63H84F3N8O8+. The Morgan fingerprint density at radius 2 is 1.34 bits per heavy atom. The molecule has 0 radical (unpaired) electrons. The van der Waals surface area contributed by atoms with Gasteiger partial charge in [0.1, 0.15) is 25.2 Å². The van der Waals surface area contributed by atoms with Crippen molar-refractivity contribution in [2.75, 3.05) is 25.0 Å². The van der Waals surface area contributed by atoms with E-state index in [0.717, 1.165) is 30.5 Å². The summed E-state index contributed by atoms with van der Waals surface area (Å²) < 4.78 is 43.7. The number of allylic oxidation sites excluding steroid dienone is 4. The number of aliphatic hydroxyl groups is 1. The maximum atomic E-state index is 14.2. The number of halogens is 3. The van der Waals surface area contributed by atoms with E-state index in [4.69, 9.17) is 0 Å². The number of alkyl halides is 3. The highest BCUT2D eigenvalue weighted by atomic mass is 19.4. The number of fused-ring (bicyclic) bond motifs is 2. The summed E-state index contributed by atoms with van der Waals surface area (Å²) >= 11 is 0. The molecule has 0 fully saturated rings. The van der Waals surface area contributed by atoms with Gasteiger partial charge in [-0.25, -0.2) is 0 Å². The zero-order valence-corrected chi connectivity index (χ0v) is 49.2. The molecule has 6 atom stereocenters. The van der Waals surface area contributed by atoms with Crippen LogP contribution < -0.4 is 31.5 Å². The van der Waals surface area contributed by atoms with Crippen molar-refractivity contribution >= 4 is 58.8 Å². The molecule has 6 rings (SSSR count). The summed E-state index contributed by atoms with van der Waals surface area (Å²) in [4.78, 5) is 86.1. The summed E-state index contributed by atoms with van der Waals surface area (Å²) in [5.41, 5.74) is 4.18. The van der Waals surface area contributed by atoms with Crippen molar-refractivity contribution in [3.63, 3.8) is 0 Å². The van der Waals surface area contributed by atoms with Crippen LogP contribution in [0.25, 0.3) is 0 Å². The molecule has 82 heavy (non-hydrogen) atoms. The minimum absolute atomic E-state index is 0.0241. The summed E-state index contributed by atoms with van der Waals surface area (Å²) in [6.45, 7) is 20.4. The number of hydrogen-bond donors (Lipinski definition) is 7. The van der Waals surface area contributed by atoms with Crippen LogP contribution in [0.2, 0.25) is 0 Å². The minimum atomic E-state index is -4.67. The van der Waals surface area contributed by atoms with Crippen molar-refractivity contribution < 1.29 is 56.7 Å². The number of hydrogen-bond acceptors (Lipinski definition) is 9. The molecule has 0 spiro atoms. The van der Waals surface area contributed by atoms with E-state index in [0.29, 0.717) is 25.8 Å². The lowest BCUT2D eigenvalue weighted by Crippen LogP contribution is -2.60. The van der Waals surface area contributed by atoms with E-state index in [1.807, 2.05) is 19.9 Å². The summed E-state index contributed by atoms with van der Waals surface area (Å²) in [6, 6.07) is 17.1. The third-order valence-corrected chi connectivity index (χ3v) is 15.9. The van der Waals surface area contributed by atoms with Gasteiger partial charge in [-0.1, -0.05) is 110 Å². The van der Waals surface area contributed by atoms with E-state index >= 15 is 0 Å². The van der Waals surface area contributed by atoms with Crippen LogP contribution in [-0.2, 0) is 40.3 Å². The van der Waals surface area contributed by atoms with Crippen LogP contribution in [-0.4, -0.2) is 119 Å². The molecule has 5 amide bonds. The molecule has 19 heteroatoms. The molecule has 16 nitrogen and oxygen atoms in total. The number of aliphatic carboxylic acids is 1. The SMILES string of the molecule is CC(C)C[C@H](NC(=O)[C@@H](NC(=O)[C@@H](NC(=O)[C@H](CCCCNC(=O)CCCCN1C(=CC=CC2=[N+](C)c3ccccc3C2(C)C)C(C)(C)c2ccccc21)NC(=O)c1ccc(C2(C(F)(F)F)C=N2)cc1)C(C)C)C(C)C)[C@H](O)CC(=O)O. The monoisotopic (exact) mass is 1140 g/mol. The number of anilines is 1. The highest BCUT2D eigenvalue weighted by molar-refractivity contribution is 6.03. The van der Waals surface area contributed by atoms with Crippen LogP contribution >= 0.6 is 0 Å². The van der Waals surface area contributed by atoms with Gasteiger partial charge in [0.2, 0.25) is 34.9 Å². The molecule has 7 N–H and O–H groups in total. The Bertz CT molecular complexity index is 2940. The van der Waals surface area contributed by atoms with Crippen molar-refractivity contribution in [1.82, 2.24) is 26.6 Å². The molecule has 3 aliphatic rings. The Labute approximate surface area is 480 Å². The molecule has 1 unspecified atom stereocenters. The normalized spacial score (nSPS) is 19.2. The fourth-order valence-electron chi connectivity index (χ4n) is 11.1. The van der Waals surface area contributed by atoms with E-state index in [2.05, 4.69) is 136 Å². The number of carbonyl (C=O) groups excluding carboxylic acids is 5. The Hall–Kier alpha value is -7.15. The molecule has 444 valence electrons. The van der Waals surface area contributed by atoms with E-state index in [9.17, 15) is 52.2 Å². The standard InChI is InChI=1S/C63H83F3N8O8/c1-38(2)35-46(49(75)36-53(77)78)70-58(81)54(39(3)4)72-59(82)55(40(5)6)71-57(80)45(69-56(79)41-29-31-42(32-30-41)62(37-68-62)63(64,65)66)23-16-18-33-67-52(76)28-17-19-34-74-48-25-15-13-22-44(48)61(9,10)51(74)27-20-26-50-60(7,8)43-21-12-14-24-47(43)73(50)11/h12-15,20-22,24-27,29-32,37-40,45-46,49,54-55,75H,16-19,23,28,33-36H2,1-11H3,(H5-,67,69,70,71,72,76,77,78,79,80,81,82)/p+1/t45-,46-,49+,54-,55-,62?/m0/s1. The topological polar surface area (TPSA) is 222 Å². The third kappa shape index (κ3) is 15.1. The van der Waals surface area contributed by atoms with Crippen LogP contribution in [0.4, 0.5) is 24.5 Å². The summed E-state index contributed by atoms with van der Waals surface area (Å²) in [5, 5.41) is 33.8. The number of para-hydroxylation sites is 2. The first-order valence-corrected chi connectivity index (χ1v) is 28.6. The first kappa shape index (κ1) is 64.0. The molecule has 3 aromatic rings. The average molecular weight is 1140 g/mol. The van der Waals surface area contributed by atoms with Gasteiger partial charge in [0.25, 0.3) is 5.91 Å². The maximum absolute atomic E-state index is 14.2. The van der Waals surface area contributed by atoms with Crippen molar-refractivity contribution in [3.05, 3.63) is 119 Å². The lowest BCUT2D eigenvalue weighted by Gasteiger charge is -2.31. The van der Waals surface area contributed by atoms with Crippen molar-refractivity contribution in [2.24, 2.45) is 22.7 Å². The van der Waals surface area contributed by atoms with Crippen LogP contribution in [0.15, 0.2) is 102 Å². The Morgan fingerprint density at radius 1 is 0.744 bits per heavy atom. The zero-order valence-electron chi connectivity index (χ0n) is 49.2. The molecule has 3 aliphatic heterocycles. The van der Waals surface area contributed by atoms with Crippen LogP contribution in [0.1, 0.15) is 148 Å². The molecule has 0 saturated carbocycles. The quantitative estimate of drug-likeness (QED) is 0.0273. The molecule has 3 aromatic carbocycles. The largest absolute Gasteiger partial charge is 0.481 e. The predicted molar refractivity (Wildman–Crippen MR) is 312 cm³/mol. The number of aliphatic imine (C=N–C) groups is 1. The number of rotatable bonds is 28. The van der Waals surface area contributed by atoms with Gasteiger partial charge in [-0.3, -0.25) is 33.8 Å². The van der Waals surface area contributed by atoms with Gasteiger partial charge < -0.3 is 41.7 Å². The number of carboxylic acids is 1. The van der Waals surface area contributed by atoms with Gasteiger partial charge >= 0.3 is 12.1 Å². The molecular weight excluding hydrogens is 1050 g/mol. The Kier molecular flexibility index (Phi) is 21.0. The fourth-order valence-corrected chi connectivity index (χ4v) is 11.1. The second-order valence-electron chi connectivity index (χ2n) is 24.1. The number of unbranched alkanes of at least 4 members (excludes halogenated alkanes) is 2. The van der Waals surface area contributed by atoms with Gasteiger partial charge in [-0.15, -0.1) is 0 Å². The van der Waals surface area contributed by atoms with Crippen molar-refractivity contribution in [3.8, 4) is 0 Å². The molecule has 3 heterocycles. The molecule has 0 saturated heterocycles. The van der Waals surface area contributed by atoms with Crippen LogP contribution in [0.5, 0.6) is 0 Å². The fraction of sp³-hybridized carbons (Fsp3) is 0.524. The molecule has 0 aliphatic carbocycles. The van der Waals surface area contributed by atoms with Crippen molar-refractivity contribution in [1.29, 1.82) is 0 Å². The number of aliphatic hydroxyl groups excluding tert-OH is 1. The Morgan fingerprint density at radius 3 is 1.93 bits per heavy atom. The number of carbonyl (C=O) groups is 6. The first-order chi connectivity index (χ1) is 38.5. The summed E-state index contributed by atoms with van der Waals surface area (Å²) in [5.74, 6) is -5.30. The number of carboxylic acid groups (broad SMARTS) is 1. The van der Waals surface area contributed by atoms with Gasteiger partial charge in [-0.05, 0) is 106 Å². The van der Waals surface area contributed by atoms with E-state index in [1.165, 1.54) is 40.4 Å². The predicted octanol–water partition coefficient (Wildman–Crippen LogP) is 8.68. The summed E-state index contributed by atoms with van der Waals surface area (Å²) in [7, 11) is 2.11. The maximum Gasteiger partial charge on any atom is 0.422 e. The smallest absolute Gasteiger partial charge is 0.422 e. The number of nitrogens with one attached hydrogen (secondary N) is 5. The lowest BCUT2D eigenvalue weighted by atomic mass is 9.81. The highest BCUT2D eigenvalue weighted by Crippen LogP contribution is 2.49. The van der Waals surface area contributed by atoms with E-state index in [1.54, 1.807) is 27.7 Å². The zero-order chi connectivity index (χ0) is 60.5. The van der Waals surface area contributed by atoms with Crippen LogP contribution in [0, 0.1) is 17.8 Å². The second kappa shape index (κ2) is 26.8. The van der Waals surface area contributed by atoms with Crippen LogP contribution in [0.3, 0.4) is 0 Å². The molecule has 0 aromatic heterocycles.